The third-order valence-electron chi connectivity index (χ3n) is 6.08. The second-order valence-corrected chi connectivity index (χ2v) is 13.0. The molecule has 1 unspecified atom stereocenters. The summed E-state index contributed by atoms with van der Waals surface area (Å²) in [6, 6.07) is 12.3. The Morgan fingerprint density at radius 2 is 1.75 bits per heavy atom. The molecule has 40 heavy (non-hydrogen) atoms. The first kappa shape index (κ1) is 33.4. The van der Waals surface area contributed by atoms with E-state index in [1.54, 1.807) is 24.3 Å². The van der Waals surface area contributed by atoms with Crippen LogP contribution in [0.2, 0.25) is 0 Å². The zero-order valence-electron chi connectivity index (χ0n) is 23.1. The second kappa shape index (κ2) is 15.8. The fraction of sp³-hybridized carbons (Fsp3) is 0.481. The molecule has 0 saturated carbocycles. The second-order valence-electron chi connectivity index (χ2n) is 9.63. The fourth-order valence-electron chi connectivity index (χ4n) is 3.98. The topological polar surface area (TPSA) is 155 Å². The minimum absolute atomic E-state index is 0.0265. The minimum atomic E-state index is -4.05. The smallest absolute Gasteiger partial charge is 0.425 e. The SMILES string of the molecule is CCCC(I)OC(=O)N(N)[C@@H](Cc1ccc(C#N)cc1)[C@@H](CN(CC(C)C)S(=O)(=O)c1ccc(OC)cc1)N=O. The molecule has 1 amide bonds. The van der Waals surface area contributed by atoms with Crippen LogP contribution in [0, 0.1) is 22.2 Å². The van der Waals surface area contributed by atoms with E-state index in [9.17, 15) is 18.1 Å². The molecule has 0 fully saturated rings. The molecule has 2 rings (SSSR count). The molecule has 0 aromatic heterocycles. The van der Waals surface area contributed by atoms with Crippen LogP contribution < -0.4 is 10.6 Å². The van der Waals surface area contributed by atoms with E-state index in [0.717, 1.165) is 11.4 Å². The summed E-state index contributed by atoms with van der Waals surface area (Å²) in [7, 11) is -2.57. The Morgan fingerprint density at radius 3 is 2.25 bits per heavy atom. The van der Waals surface area contributed by atoms with Crippen LogP contribution in [0.15, 0.2) is 58.6 Å². The summed E-state index contributed by atoms with van der Waals surface area (Å²) < 4.78 is 38.7. The van der Waals surface area contributed by atoms with Crippen LogP contribution in [0.3, 0.4) is 0 Å². The maximum Gasteiger partial charge on any atom is 0.425 e. The first-order valence-corrected chi connectivity index (χ1v) is 15.5. The van der Waals surface area contributed by atoms with Crippen LogP contribution in [-0.2, 0) is 21.2 Å². The van der Waals surface area contributed by atoms with Crippen molar-refractivity contribution in [3.05, 3.63) is 64.6 Å². The first-order chi connectivity index (χ1) is 19.0. The number of nitrogens with zero attached hydrogens (tertiary/aromatic N) is 4. The zero-order valence-corrected chi connectivity index (χ0v) is 26.0. The number of ether oxygens (including phenoxy) is 2. The number of hydrogen-bond donors (Lipinski definition) is 1. The number of nitrogens with two attached hydrogens (primary N) is 1. The summed E-state index contributed by atoms with van der Waals surface area (Å²) in [5.41, 5.74) is 1.12. The first-order valence-electron chi connectivity index (χ1n) is 12.8. The van der Waals surface area contributed by atoms with Gasteiger partial charge >= 0.3 is 6.09 Å². The molecular formula is C27H36IN5O6S. The minimum Gasteiger partial charge on any atom is -0.497 e. The summed E-state index contributed by atoms with van der Waals surface area (Å²) in [6.45, 7) is 5.45. The van der Waals surface area contributed by atoms with E-state index in [0.29, 0.717) is 23.3 Å². The highest BCUT2D eigenvalue weighted by Gasteiger charge is 2.37. The van der Waals surface area contributed by atoms with Crippen molar-refractivity contribution < 1.29 is 22.7 Å². The van der Waals surface area contributed by atoms with Gasteiger partial charge in [0.1, 0.15) is 11.8 Å². The molecule has 2 aromatic rings. The van der Waals surface area contributed by atoms with E-state index in [-0.39, 0.29) is 30.3 Å². The summed E-state index contributed by atoms with van der Waals surface area (Å²) in [6.07, 6.45) is 0.615. The van der Waals surface area contributed by atoms with E-state index < -0.39 is 32.3 Å². The number of alkyl halides is 1. The van der Waals surface area contributed by atoms with Gasteiger partial charge in [-0.05, 0) is 83.3 Å². The lowest BCUT2D eigenvalue weighted by Crippen LogP contribution is -2.55. The van der Waals surface area contributed by atoms with Crippen molar-refractivity contribution in [1.29, 1.82) is 5.26 Å². The number of methoxy groups -OCH3 is 1. The van der Waals surface area contributed by atoms with E-state index in [2.05, 4.69) is 5.18 Å². The van der Waals surface area contributed by atoms with Gasteiger partial charge in [-0.3, -0.25) is 0 Å². The number of hydrogen-bond acceptors (Lipinski definition) is 9. The van der Waals surface area contributed by atoms with Crippen molar-refractivity contribution in [3.63, 3.8) is 0 Å². The van der Waals surface area contributed by atoms with Crippen LogP contribution in [-0.4, -0.2) is 60.2 Å². The highest BCUT2D eigenvalue weighted by molar-refractivity contribution is 14.1. The van der Waals surface area contributed by atoms with Crippen LogP contribution in [0.1, 0.15) is 44.7 Å². The molecule has 3 atom stereocenters. The standard InChI is InChI=1S/C27H36IN5O6S/c1-5-6-26(28)39-27(34)33(30)25(15-20-7-9-21(16-29)10-8-20)24(31-35)18-32(17-19(2)3)40(36,37)23-13-11-22(38-4)12-14-23/h7-14,19,24-26H,5-6,15,17-18,30H2,1-4H3/t24-,25+,26?/m1/s1. The quantitative estimate of drug-likeness (QED) is 0.0698. The number of sulfonamides is 1. The van der Waals surface area contributed by atoms with Gasteiger partial charge in [0.2, 0.25) is 10.0 Å². The molecule has 0 bridgehead atoms. The van der Waals surface area contributed by atoms with Crippen molar-refractivity contribution in [2.45, 2.75) is 61.1 Å². The van der Waals surface area contributed by atoms with E-state index in [1.165, 1.54) is 35.7 Å². The molecular weight excluding hydrogens is 649 g/mol. The number of carbonyl (C=O) groups excluding carboxylic acids is 1. The average Bonchev–Trinajstić information content (AvgIpc) is 2.94. The molecule has 0 spiro atoms. The third kappa shape index (κ3) is 9.39. The third-order valence-corrected chi connectivity index (χ3v) is 8.80. The summed E-state index contributed by atoms with van der Waals surface area (Å²) in [5.74, 6) is 6.66. The van der Waals surface area contributed by atoms with Crippen molar-refractivity contribution in [1.82, 2.24) is 9.31 Å². The van der Waals surface area contributed by atoms with E-state index in [4.69, 9.17) is 20.6 Å². The predicted octanol–water partition coefficient (Wildman–Crippen LogP) is 4.83. The van der Waals surface area contributed by atoms with E-state index >= 15 is 0 Å². The summed E-state index contributed by atoms with van der Waals surface area (Å²) >= 11 is 1.99. The van der Waals surface area contributed by atoms with E-state index in [1.807, 2.05) is 49.4 Å². The van der Waals surface area contributed by atoms with Crippen LogP contribution in [0.5, 0.6) is 5.75 Å². The van der Waals surface area contributed by atoms with Crippen molar-refractivity contribution in [2.24, 2.45) is 16.9 Å². The Balaban J connectivity index is 2.46. The predicted molar refractivity (Wildman–Crippen MR) is 160 cm³/mol. The Bertz CT molecular complexity index is 1250. The molecule has 0 radical (unpaired) electrons. The van der Waals surface area contributed by atoms with Crippen molar-refractivity contribution >= 4 is 38.7 Å². The molecule has 2 N–H and O–H groups in total. The van der Waals surface area contributed by atoms with Crippen molar-refractivity contribution in [3.8, 4) is 11.8 Å². The fourth-order valence-corrected chi connectivity index (χ4v) is 6.44. The van der Waals surface area contributed by atoms with Gasteiger partial charge in [0.05, 0.1) is 29.7 Å². The molecule has 0 saturated heterocycles. The van der Waals surface area contributed by atoms with Gasteiger partial charge in [-0.15, -0.1) is 0 Å². The number of benzene rings is 2. The maximum atomic E-state index is 13.7. The number of nitriles is 1. The number of halogens is 1. The number of rotatable bonds is 15. The van der Waals surface area contributed by atoms with Crippen LogP contribution >= 0.6 is 22.6 Å². The maximum absolute atomic E-state index is 13.7. The lowest BCUT2D eigenvalue weighted by molar-refractivity contribution is 0.0722. The zero-order chi connectivity index (χ0) is 29.9. The highest BCUT2D eigenvalue weighted by atomic mass is 127. The molecule has 13 heteroatoms. The van der Waals surface area contributed by atoms with Gasteiger partial charge in [-0.1, -0.05) is 44.5 Å². The molecule has 0 aliphatic rings. The lowest BCUT2D eigenvalue weighted by Gasteiger charge is -2.33. The van der Waals surface area contributed by atoms with Gasteiger partial charge in [0, 0.05) is 13.1 Å². The Hall–Kier alpha value is -2.80. The number of hydrazine groups is 1. The van der Waals surface area contributed by atoms with Gasteiger partial charge < -0.3 is 9.47 Å². The summed E-state index contributed by atoms with van der Waals surface area (Å²) in [4.78, 5) is 25.3. The molecule has 0 aliphatic carbocycles. The van der Waals surface area contributed by atoms with Crippen LogP contribution in [0.4, 0.5) is 4.79 Å². The number of amides is 1. The monoisotopic (exact) mass is 685 g/mol. The van der Waals surface area contributed by atoms with Gasteiger partial charge in [-0.25, -0.2) is 24.1 Å². The Morgan fingerprint density at radius 1 is 1.12 bits per heavy atom. The molecule has 2 aromatic carbocycles. The summed E-state index contributed by atoms with van der Waals surface area (Å²) in [5, 5.41) is 13.2. The van der Waals surface area contributed by atoms with Crippen LogP contribution in [0.25, 0.3) is 0 Å². The number of carbonyl (C=O) groups is 1. The normalized spacial score (nSPS) is 13.8. The number of nitroso groups, excluding NO2 is 1. The van der Waals surface area contributed by atoms with Gasteiger partial charge in [0.25, 0.3) is 0 Å². The molecule has 0 heterocycles. The lowest BCUT2D eigenvalue weighted by atomic mass is 9.98. The van der Waals surface area contributed by atoms with Crippen molar-refractivity contribution in [2.75, 3.05) is 20.2 Å². The van der Waals surface area contributed by atoms with Gasteiger partial charge in [0.15, 0.2) is 4.11 Å². The molecule has 11 nitrogen and oxygen atoms in total. The largest absolute Gasteiger partial charge is 0.497 e. The average molecular weight is 686 g/mol. The Labute approximate surface area is 249 Å². The van der Waals surface area contributed by atoms with Gasteiger partial charge in [-0.2, -0.15) is 14.5 Å². The highest BCUT2D eigenvalue weighted by Crippen LogP contribution is 2.24. The molecule has 0 aliphatic heterocycles. The Kier molecular flexibility index (Phi) is 13.2. The molecule has 218 valence electrons.